The van der Waals surface area contributed by atoms with E-state index in [0.29, 0.717) is 19.4 Å². The lowest BCUT2D eigenvalue weighted by molar-refractivity contribution is 0.205. The number of aliphatic hydroxyl groups excluding tert-OH is 2. The minimum Gasteiger partial charge on any atom is -0.396 e. The van der Waals surface area contributed by atoms with Crippen molar-refractivity contribution in [1.29, 1.82) is 0 Å². The molecule has 3 nitrogen and oxygen atoms in total. The molecule has 0 aromatic carbocycles. The van der Waals surface area contributed by atoms with Crippen molar-refractivity contribution in [3.05, 3.63) is 0 Å². The molecule has 0 aromatic rings. The summed E-state index contributed by atoms with van der Waals surface area (Å²) in [5.74, 6) is -0.382. The Hall–Kier alpha value is 0.310. The van der Waals surface area contributed by atoms with Crippen LogP contribution in [-0.2, 0) is 4.52 Å². The summed E-state index contributed by atoms with van der Waals surface area (Å²) in [5.41, 5.74) is 0. The van der Waals surface area contributed by atoms with Gasteiger partial charge in [-0.05, 0) is 19.8 Å². The lowest BCUT2D eigenvalue weighted by atomic mass is 10.3. The number of hydrogen-bond donors (Lipinski definition) is 2. The average molecular weight is 166 g/mol. The summed E-state index contributed by atoms with van der Waals surface area (Å²) >= 11 is 0. The van der Waals surface area contributed by atoms with Gasteiger partial charge in [-0.1, -0.05) is 0 Å². The van der Waals surface area contributed by atoms with Crippen LogP contribution in [0.4, 0.5) is 0 Å². The van der Waals surface area contributed by atoms with E-state index in [9.17, 15) is 0 Å². The second-order valence-corrected chi connectivity index (χ2v) is 3.12. The molecule has 0 rings (SSSR count). The van der Waals surface area contributed by atoms with Crippen molar-refractivity contribution < 1.29 is 14.7 Å². The highest BCUT2D eigenvalue weighted by Crippen LogP contribution is 2.21. The van der Waals surface area contributed by atoms with Gasteiger partial charge < -0.3 is 14.7 Å². The zero-order valence-electron chi connectivity index (χ0n) is 6.21. The fourth-order valence-electron chi connectivity index (χ4n) is 0.523. The first-order valence-electron chi connectivity index (χ1n) is 3.47. The van der Waals surface area contributed by atoms with Gasteiger partial charge in [0.25, 0.3) is 0 Å². The molecular formula is C6H15O3P. The maximum Gasteiger partial charge on any atom is 0.0952 e. The molecule has 0 aromatic heterocycles. The Kier molecular flexibility index (Phi) is 7.65. The topological polar surface area (TPSA) is 49.7 Å². The van der Waals surface area contributed by atoms with Crippen LogP contribution in [0, 0.1) is 0 Å². The molecular weight excluding hydrogens is 151 g/mol. The van der Waals surface area contributed by atoms with Crippen LogP contribution in [0.2, 0.25) is 0 Å². The standard InChI is InChI=1S/C6H15O3P/c1-2-9-10-6(8)4-3-5-7/h6-8,10H,2-5H2,1H3. The second-order valence-electron chi connectivity index (χ2n) is 1.93. The molecule has 0 spiro atoms. The molecule has 2 unspecified atom stereocenters. The van der Waals surface area contributed by atoms with Gasteiger partial charge in [-0.15, -0.1) is 0 Å². The highest BCUT2D eigenvalue weighted by atomic mass is 31.1. The van der Waals surface area contributed by atoms with E-state index < -0.39 is 0 Å². The van der Waals surface area contributed by atoms with Crippen molar-refractivity contribution in [1.82, 2.24) is 0 Å². The molecule has 2 N–H and O–H groups in total. The predicted octanol–water partition coefficient (Wildman–Crippen LogP) is 0.707. The summed E-state index contributed by atoms with van der Waals surface area (Å²) in [4.78, 5) is 0. The van der Waals surface area contributed by atoms with Crippen LogP contribution in [0.25, 0.3) is 0 Å². The van der Waals surface area contributed by atoms with E-state index in [2.05, 4.69) is 0 Å². The van der Waals surface area contributed by atoms with Gasteiger partial charge in [0, 0.05) is 22.0 Å². The van der Waals surface area contributed by atoms with Crippen LogP contribution in [0.5, 0.6) is 0 Å². The first-order valence-corrected chi connectivity index (χ1v) is 4.46. The Morgan fingerprint density at radius 2 is 2.30 bits per heavy atom. The van der Waals surface area contributed by atoms with Crippen molar-refractivity contribution in [2.24, 2.45) is 0 Å². The monoisotopic (exact) mass is 166 g/mol. The van der Waals surface area contributed by atoms with E-state index in [4.69, 9.17) is 14.7 Å². The van der Waals surface area contributed by atoms with Crippen LogP contribution < -0.4 is 0 Å². The molecule has 10 heavy (non-hydrogen) atoms. The van der Waals surface area contributed by atoms with Crippen LogP contribution in [-0.4, -0.2) is 29.3 Å². The third-order valence-electron chi connectivity index (χ3n) is 0.999. The van der Waals surface area contributed by atoms with Crippen molar-refractivity contribution in [2.75, 3.05) is 13.2 Å². The van der Waals surface area contributed by atoms with Crippen molar-refractivity contribution in [2.45, 2.75) is 25.6 Å². The molecule has 0 saturated heterocycles. The summed E-state index contributed by atoms with van der Waals surface area (Å²) < 4.78 is 4.99. The van der Waals surface area contributed by atoms with Crippen LogP contribution in [0.1, 0.15) is 19.8 Å². The second kappa shape index (κ2) is 7.42. The molecule has 0 aliphatic rings. The summed E-state index contributed by atoms with van der Waals surface area (Å²) in [5, 5.41) is 17.5. The number of rotatable bonds is 6. The molecule has 0 fully saturated rings. The molecule has 2 atom stereocenters. The van der Waals surface area contributed by atoms with Gasteiger partial charge in [-0.25, -0.2) is 0 Å². The van der Waals surface area contributed by atoms with Gasteiger partial charge in [-0.2, -0.15) is 0 Å². The van der Waals surface area contributed by atoms with E-state index in [1.165, 1.54) is 0 Å². The fourth-order valence-corrected chi connectivity index (χ4v) is 1.20. The Morgan fingerprint density at radius 3 is 2.80 bits per heavy atom. The number of hydrogen-bond acceptors (Lipinski definition) is 3. The van der Waals surface area contributed by atoms with E-state index in [1.807, 2.05) is 6.92 Å². The predicted molar refractivity (Wildman–Crippen MR) is 42.3 cm³/mol. The minimum atomic E-state index is -0.382. The zero-order valence-corrected chi connectivity index (χ0v) is 7.21. The molecule has 0 saturated carbocycles. The van der Waals surface area contributed by atoms with E-state index >= 15 is 0 Å². The lowest BCUT2D eigenvalue weighted by Gasteiger charge is -2.07. The van der Waals surface area contributed by atoms with Gasteiger partial charge in [0.2, 0.25) is 0 Å². The lowest BCUT2D eigenvalue weighted by Crippen LogP contribution is -2.00. The quantitative estimate of drug-likeness (QED) is 0.571. The maximum atomic E-state index is 9.09. The van der Waals surface area contributed by atoms with Crippen molar-refractivity contribution in [3.8, 4) is 0 Å². The fraction of sp³-hybridized carbons (Fsp3) is 1.00. The summed E-state index contributed by atoms with van der Waals surface area (Å²) in [6.07, 6.45) is 1.29. The van der Waals surface area contributed by atoms with Crippen LogP contribution in [0.3, 0.4) is 0 Å². The highest BCUT2D eigenvalue weighted by Gasteiger charge is 2.01. The Morgan fingerprint density at radius 1 is 1.60 bits per heavy atom. The molecule has 0 aliphatic heterocycles. The first-order chi connectivity index (χ1) is 4.81. The number of aliphatic hydroxyl groups is 2. The molecule has 4 heteroatoms. The smallest absolute Gasteiger partial charge is 0.0952 e. The molecule has 0 heterocycles. The van der Waals surface area contributed by atoms with Gasteiger partial charge in [-0.3, -0.25) is 0 Å². The van der Waals surface area contributed by atoms with E-state index in [0.717, 1.165) is 0 Å². The molecule has 0 aliphatic carbocycles. The Bertz CT molecular complexity index is 62.0. The molecule has 0 radical (unpaired) electrons. The molecule has 0 bridgehead atoms. The summed E-state index contributed by atoms with van der Waals surface area (Å²) in [6.45, 7) is 2.69. The van der Waals surface area contributed by atoms with Crippen molar-refractivity contribution >= 4 is 8.81 Å². The Balaban J connectivity index is 3.00. The zero-order chi connectivity index (χ0) is 7.82. The third kappa shape index (κ3) is 6.43. The summed E-state index contributed by atoms with van der Waals surface area (Å²) in [7, 11) is 0.160. The normalized spacial score (nSPS) is 14.7. The third-order valence-corrected chi connectivity index (χ3v) is 2.02. The minimum absolute atomic E-state index is 0.146. The van der Waals surface area contributed by atoms with Gasteiger partial charge in [0.15, 0.2) is 0 Å². The summed E-state index contributed by atoms with van der Waals surface area (Å²) in [6, 6.07) is 0. The van der Waals surface area contributed by atoms with Gasteiger partial charge in [0.05, 0.1) is 5.85 Å². The largest absolute Gasteiger partial charge is 0.396 e. The van der Waals surface area contributed by atoms with Gasteiger partial charge in [0.1, 0.15) is 0 Å². The van der Waals surface area contributed by atoms with Crippen LogP contribution >= 0.6 is 8.81 Å². The highest BCUT2D eigenvalue weighted by molar-refractivity contribution is 7.32. The molecule has 0 amide bonds. The Labute approximate surface area is 63.3 Å². The maximum absolute atomic E-state index is 9.09. The van der Waals surface area contributed by atoms with Crippen molar-refractivity contribution in [3.63, 3.8) is 0 Å². The van der Waals surface area contributed by atoms with E-state index in [-0.39, 0.29) is 21.3 Å². The average Bonchev–Trinajstić information content (AvgIpc) is 1.97. The SMILES string of the molecule is CCOPC(O)CCCO. The van der Waals surface area contributed by atoms with E-state index in [1.54, 1.807) is 0 Å². The van der Waals surface area contributed by atoms with Gasteiger partial charge >= 0.3 is 0 Å². The molecule has 62 valence electrons. The van der Waals surface area contributed by atoms with Crippen LogP contribution in [0.15, 0.2) is 0 Å². The first kappa shape index (κ1) is 10.3.